The molecular formula is C135H85N5O3. The smallest absolute Gasteiger partial charge is 0.136 e. The number of hydrogen-bond acceptors (Lipinski definition) is 5. The maximum atomic E-state index is 6.58. The minimum absolute atomic E-state index is 0.0853. The molecule has 6 heterocycles. The fourth-order valence-electron chi connectivity index (χ4n) is 24.8. The molecule has 0 unspecified atom stereocenters. The van der Waals surface area contributed by atoms with E-state index < -0.39 is 0 Å². The van der Waals surface area contributed by atoms with Crippen LogP contribution in [0.1, 0.15) is 25.0 Å². The van der Waals surface area contributed by atoms with Crippen molar-refractivity contribution in [1.29, 1.82) is 0 Å². The summed E-state index contributed by atoms with van der Waals surface area (Å²) in [6.07, 6.45) is 0. The van der Waals surface area contributed by atoms with E-state index in [-0.39, 0.29) is 5.41 Å². The first-order valence-corrected chi connectivity index (χ1v) is 49.3. The number of anilines is 6. The SMILES string of the molecule is CC1(C)c2ccccc2-c2ccc(N(c3ccccc3)c3ccc(-n4c5cccc6c7ccccc7c7cccc8oc9ccc4c(c9c87)c65)cc3)cc21.c1ccc(-c2ccccc2-c2ccc(-n3c4cccc5c6ccccc6c6cccc7oc8ccc3c(c8c76)c54)cc2)cc1.c1ccc(N(c2ccccc2)c2cccc(-n3c4cccc5c6ccccc6c6cccc7oc8ccc3c(c8c76)c54)c2)cc1. The molecule has 0 bridgehead atoms. The van der Waals surface area contributed by atoms with Gasteiger partial charge in [-0.2, -0.15) is 0 Å². The van der Waals surface area contributed by atoms with Gasteiger partial charge >= 0.3 is 0 Å². The fraction of sp³-hybridized carbons (Fsp3) is 0.0222. The van der Waals surface area contributed by atoms with Gasteiger partial charge in [0, 0.05) is 121 Å². The van der Waals surface area contributed by atoms with E-state index in [2.05, 4.69) is 517 Å². The standard InChI is InChI=1S/C51H34N2O.C42H26N2O.C42H25NO/c1-51(2)41-19-9-8-16-37(41)38-27-26-34(30-42(38)51)52(31-12-4-3-5-13-31)32-22-24-33(25-23-32)53-43-20-10-17-39-35-14-6-7-15-36(35)40-18-11-21-45-48(40)50-46(54-45)29-28-44(53)49(50)47(39)43;1-3-12-27(13-4-1)43(28-14-5-2-6-15-28)29-16-9-17-30(26-29)44-35-22-10-20-33-31-18-7-8-19-32(31)34-21-11-23-37-40(34)42-38(45-37)25-24-36(44)41(42)39(33)35;1-2-10-26(11-3-1)29-12-4-5-13-30(29)27-20-22-28(23-21-27)43-35-18-8-16-33-31-14-6-7-15-32(31)34-17-9-19-37-40(34)42-38(44-37)25-24-36(43)41(42)39(33)35/h3-30H,1-2H3;1-26H;1-25H. The number of nitrogens with zero attached hydrogens (tertiary/aromatic N) is 5. The minimum Gasteiger partial charge on any atom is -0.456 e. The van der Waals surface area contributed by atoms with Crippen LogP contribution in [0.15, 0.2) is 492 Å². The van der Waals surface area contributed by atoms with Gasteiger partial charge in [0.15, 0.2) is 0 Å². The molecule has 0 spiro atoms. The molecule has 1 aliphatic rings. The van der Waals surface area contributed by atoms with Crippen molar-refractivity contribution < 1.29 is 13.3 Å². The highest BCUT2D eigenvalue weighted by molar-refractivity contribution is 6.42. The summed E-state index contributed by atoms with van der Waals surface area (Å²) in [6.45, 7) is 4.70. The summed E-state index contributed by atoms with van der Waals surface area (Å²) in [7, 11) is 0. The van der Waals surface area contributed by atoms with Crippen LogP contribution in [-0.4, -0.2) is 13.7 Å². The number of benzene rings is 22. The summed E-state index contributed by atoms with van der Waals surface area (Å²) >= 11 is 0. The lowest BCUT2D eigenvalue weighted by Gasteiger charge is -2.28. The third kappa shape index (κ3) is 11.9. The number of para-hydroxylation sites is 3. The van der Waals surface area contributed by atoms with E-state index in [1.807, 2.05) is 0 Å². The highest BCUT2D eigenvalue weighted by Crippen LogP contribution is 2.56. The zero-order valence-corrected chi connectivity index (χ0v) is 78.1. The molecular weight excluding hydrogens is 1740 g/mol. The van der Waals surface area contributed by atoms with Gasteiger partial charge in [0.05, 0.1) is 33.1 Å². The molecule has 668 valence electrons. The molecule has 0 aliphatic heterocycles. The Morgan fingerprint density at radius 1 is 0.168 bits per heavy atom. The number of furan rings is 3. The van der Waals surface area contributed by atoms with E-state index in [1.165, 1.54) is 207 Å². The van der Waals surface area contributed by atoms with E-state index in [0.717, 1.165) is 84.7 Å². The Hall–Kier alpha value is -18.8. The maximum absolute atomic E-state index is 6.58. The molecule has 31 aromatic rings. The molecule has 0 saturated carbocycles. The highest BCUT2D eigenvalue weighted by Gasteiger charge is 2.37. The average Bonchev–Trinajstić information content (AvgIpc) is 1.54. The van der Waals surface area contributed by atoms with Crippen LogP contribution in [0.4, 0.5) is 34.1 Å². The second-order valence-corrected chi connectivity index (χ2v) is 38.7. The number of fused-ring (bicyclic) bond motifs is 12. The number of hydrogen-bond donors (Lipinski definition) is 0. The summed E-state index contributed by atoms with van der Waals surface area (Å²) in [6, 6.07) is 173. The summed E-state index contributed by atoms with van der Waals surface area (Å²) in [4.78, 5) is 4.70. The van der Waals surface area contributed by atoms with Crippen molar-refractivity contribution in [3.8, 4) is 50.4 Å². The van der Waals surface area contributed by atoms with Crippen LogP contribution in [0.2, 0.25) is 0 Å². The van der Waals surface area contributed by atoms with Crippen molar-refractivity contribution in [2.75, 3.05) is 9.80 Å². The Morgan fingerprint density at radius 2 is 0.448 bits per heavy atom. The lowest BCUT2D eigenvalue weighted by atomic mass is 9.82. The molecule has 1 aliphatic carbocycles. The van der Waals surface area contributed by atoms with Crippen LogP contribution in [0.5, 0.6) is 0 Å². The van der Waals surface area contributed by atoms with Gasteiger partial charge in [-0.25, -0.2) is 0 Å². The first kappa shape index (κ1) is 80.4. The van der Waals surface area contributed by atoms with Crippen LogP contribution in [0.3, 0.4) is 0 Å². The van der Waals surface area contributed by atoms with Crippen molar-refractivity contribution in [2.24, 2.45) is 0 Å². The van der Waals surface area contributed by atoms with Crippen LogP contribution in [-0.2, 0) is 5.41 Å². The lowest BCUT2D eigenvalue weighted by molar-refractivity contribution is 0.660. The largest absolute Gasteiger partial charge is 0.456 e. The molecule has 6 aromatic heterocycles. The van der Waals surface area contributed by atoms with Crippen LogP contribution >= 0.6 is 0 Å². The molecule has 25 aromatic carbocycles. The van der Waals surface area contributed by atoms with Crippen molar-refractivity contribution in [2.45, 2.75) is 19.3 Å². The predicted molar refractivity (Wildman–Crippen MR) is 601 cm³/mol. The van der Waals surface area contributed by atoms with Crippen LogP contribution < -0.4 is 9.80 Å². The van der Waals surface area contributed by atoms with Crippen LogP contribution in [0.25, 0.3) is 246 Å². The van der Waals surface area contributed by atoms with Crippen molar-refractivity contribution in [1.82, 2.24) is 13.7 Å². The van der Waals surface area contributed by atoms with Gasteiger partial charge < -0.3 is 36.8 Å². The van der Waals surface area contributed by atoms with E-state index in [4.69, 9.17) is 13.3 Å². The summed E-state index contributed by atoms with van der Waals surface area (Å²) in [5.41, 5.74) is 33.0. The average molecular weight is 1830 g/mol. The molecule has 143 heavy (non-hydrogen) atoms. The number of aromatic nitrogens is 3. The molecule has 0 amide bonds. The van der Waals surface area contributed by atoms with Gasteiger partial charge in [-0.15, -0.1) is 0 Å². The fourth-order valence-corrected chi connectivity index (χ4v) is 24.8. The van der Waals surface area contributed by atoms with Gasteiger partial charge in [-0.1, -0.05) is 317 Å². The molecule has 0 saturated heterocycles. The topological polar surface area (TPSA) is 60.7 Å². The van der Waals surface area contributed by atoms with Crippen molar-refractivity contribution in [3.63, 3.8) is 0 Å². The van der Waals surface area contributed by atoms with Gasteiger partial charge in [-0.05, 0) is 285 Å². The predicted octanol–water partition coefficient (Wildman–Crippen LogP) is 37.9. The molecule has 8 heteroatoms. The van der Waals surface area contributed by atoms with E-state index in [0.29, 0.717) is 0 Å². The third-order valence-corrected chi connectivity index (χ3v) is 30.8. The van der Waals surface area contributed by atoms with Crippen LogP contribution in [0, 0.1) is 0 Å². The zero-order chi connectivity index (χ0) is 94.0. The molecule has 0 fully saturated rings. The second-order valence-electron chi connectivity index (χ2n) is 38.7. The van der Waals surface area contributed by atoms with E-state index in [9.17, 15) is 0 Å². The first-order valence-electron chi connectivity index (χ1n) is 49.3. The number of rotatable bonds is 11. The van der Waals surface area contributed by atoms with Gasteiger partial charge in [0.25, 0.3) is 0 Å². The van der Waals surface area contributed by atoms with Crippen molar-refractivity contribution >= 4 is 230 Å². The normalized spacial score (nSPS) is 12.6. The van der Waals surface area contributed by atoms with E-state index >= 15 is 0 Å². The monoisotopic (exact) mass is 1820 g/mol. The lowest BCUT2D eigenvalue weighted by Crippen LogP contribution is -2.16. The Bertz CT molecular complexity index is 10600. The molecule has 0 radical (unpaired) electrons. The molecule has 0 N–H and O–H groups in total. The Labute approximate surface area is 821 Å². The second kappa shape index (κ2) is 31.1. The minimum atomic E-state index is -0.0853. The third-order valence-electron chi connectivity index (χ3n) is 30.8. The van der Waals surface area contributed by atoms with Gasteiger partial charge in [0.2, 0.25) is 0 Å². The highest BCUT2D eigenvalue weighted by atomic mass is 16.3. The Balaban J connectivity index is 0.000000101. The van der Waals surface area contributed by atoms with Gasteiger partial charge in [-0.3, -0.25) is 0 Å². The summed E-state index contributed by atoms with van der Waals surface area (Å²) in [5, 5.41) is 29.5. The maximum Gasteiger partial charge on any atom is 0.136 e. The first-order chi connectivity index (χ1) is 70.8. The van der Waals surface area contributed by atoms with E-state index in [1.54, 1.807) is 0 Å². The molecule has 0 atom stereocenters. The quantitative estimate of drug-likeness (QED) is 0.129. The zero-order valence-electron chi connectivity index (χ0n) is 78.1. The van der Waals surface area contributed by atoms with Crippen molar-refractivity contribution in [3.05, 3.63) is 490 Å². The summed E-state index contributed by atoms with van der Waals surface area (Å²) < 4.78 is 26.9. The Morgan fingerprint density at radius 3 is 0.860 bits per heavy atom. The Kier molecular flexibility index (Phi) is 17.5. The van der Waals surface area contributed by atoms with Gasteiger partial charge in [0.1, 0.15) is 33.5 Å². The molecule has 32 rings (SSSR count). The molecule has 8 nitrogen and oxygen atoms in total. The summed E-state index contributed by atoms with van der Waals surface area (Å²) in [5.74, 6) is 0.